The minimum Gasteiger partial charge on any atom is -0.339 e. The summed E-state index contributed by atoms with van der Waals surface area (Å²) >= 11 is 6.34. The number of benzene rings is 1. The first-order valence-electron chi connectivity index (χ1n) is 10.9. The van der Waals surface area contributed by atoms with Gasteiger partial charge in [-0.05, 0) is 51.5 Å². The molecule has 0 saturated carbocycles. The number of nitrogens with zero attached hydrogens (tertiary/aromatic N) is 4. The molecule has 0 saturated heterocycles. The lowest BCUT2D eigenvalue weighted by Gasteiger charge is -2.16. The smallest absolute Gasteiger partial charge is 0.248 e. The first-order valence-corrected chi connectivity index (χ1v) is 11.3. The summed E-state index contributed by atoms with van der Waals surface area (Å²) in [7, 11) is 0. The van der Waals surface area contributed by atoms with Gasteiger partial charge in [-0.1, -0.05) is 30.6 Å². The Morgan fingerprint density at radius 2 is 1.91 bits per heavy atom. The van der Waals surface area contributed by atoms with Crippen molar-refractivity contribution >= 4 is 34.8 Å². The zero-order valence-electron chi connectivity index (χ0n) is 19.5. The Morgan fingerprint density at radius 1 is 1.15 bits per heavy atom. The van der Waals surface area contributed by atoms with Crippen molar-refractivity contribution in [2.24, 2.45) is 0 Å². The molecular weight excluding hydrogens is 444 g/mol. The Morgan fingerprint density at radius 3 is 2.52 bits per heavy atom. The van der Waals surface area contributed by atoms with Crippen molar-refractivity contribution in [3.8, 4) is 0 Å². The van der Waals surface area contributed by atoms with Crippen molar-refractivity contribution in [1.82, 2.24) is 19.9 Å². The van der Waals surface area contributed by atoms with Gasteiger partial charge >= 0.3 is 0 Å². The Kier molecular flexibility index (Phi) is 7.86. The van der Waals surface area contributed by atoms with Crippen LogP contribution in [-0.2, 0) is 16.0 Å². The number of halogens is 1. The van der Waals surface area contributed by atoms with E-state index in [-0.39, 0.29) is 17.7 Å². The van der Waals surface area contributed by atoms with Gasteiger partial charge in [0, 0.05) is 30.1 Å². The molecule has 0 aliphatic carbocycles. The van der Waals surface area contributed by atoms with E-state index in [0.29, 0.717) is 47.4 Å². The van der Waals surface area contributed by atoms with Crippen LogP contribution in [0.1, 0.15) is 68.7 Å². The third-order valence-electron chi connectivity index (χ3n) is 5.10. The van der Waals surface area contributed by atoms with Crippen molar-refractivity contribution in [1.29, 1.82) is 0 Å². The predicted octanol–water partition coefficient (Wildman–Crippen LogP) is 4.82. The van der Waals surface area contributed by atoms with Crippen molar-refractivity contribution in [2.45, 2.75) is 65.8 Å². The number of carbonyl (C=O) groups excluding carboxylic acids is 2. The van der Waals surface area contributed by atoms with Crippen LogP contribution in [0, 0.1) is 13.8 Å². The number of hydrogen-bond acceptors (Lipinski definition) is 6. The van der Waals surface area contributed by atoms with Crippen LogP contribution in [0.2, 0.25) is 5.02 Å². The molecule has 1 unspecified atom stereocenters. The van der Waals surface area contributed by atoms with Gasteiger partial charge in [-0.25, -0.2) is 0 Å². The van der Waals surface area contributed by atoms with Gasteiger partial charge < -0.3 is 15.2 Å². The molecule has 2 heterocycles. The van der Waals surface area contributed by atoms with Gasteiger partial charge in [-0.15, -0.1) is 0 Å². The van der Waals surface area contributed by atoms with Crippen molar-refractivity contribution < 1.29 is 14.1 Å². The molecule has 1 aromatic carbocycles. The van der Waals surface area contributed by atoms with Crippen molar-refractivity contribution in [2.75, 3.05) is 10.6 Å². The van der Waals surface area contributed by atoms with E-state index in [9.17, 15) is 9.59 Å². The van der Waals surface area contributed by atoms with E-state index < -0.39 is 6.04 Å². The molecule has 10 heteroatoms. The van der Waals surface area contributed by atoms with Crippen LogP contribution in [0.15, 0.2) is 28.8 Å². The van der Waals surface area contributed by atoms with Gasteiger partial charge in [-0.3, -0.25) is 14.3 Å². The number of anilines is 2. The molecule has 2 N–H and O–H groups in total. The quantitative estimate of drug-likeness (QED) is 0.461. The van der Waals surface area contributed by atoms with Crippen molar-refractivity contribution in [3.05, 3.63) is 52.4 Å². The summed E-state index contributed by atoms with van der Waals surface area (Å²) in [5, 5.41) is 14.2. The van der Waals surface area contributed by atoms with Gasteiger partial charge in [0.05, 0.1) is 16.4 Å². The number of carbonyl (C=O) groups is 2. The molecule has 0 fully saturated rings. The molecule has 176 valence electrons. The van der Waals surface area contributed by atoms with E-state index in [1.807, 2.05) is 33.8 Å². The second-order valence-electron chi connectivity index (χ2n) is 8.33. The fraction of sp³-hybridized carbons (Fsp3) is 0.435. The molecule has 0 bridgehead atoms. The lowest BCUT2D eigenvalue weighted by molar-refractivity contribution is -0.119. The maximum atomic E-state index is 12.6. The Labute approximate surface area is 197 Å². The molecule has 33 heavy (non-hydrogen) atoms. The maximum Gasteiger partial charge on any atom is 0.248 e. The fourth-order valence-corrected chi connectivity index (χ4v) is 3.54. The number of amides is 2. The van der Waals surface area contributed by atoms with E-state index in [1.54, 1.807) is 29.8 Å². The standard InChI is InChI=1S/C23H29ClN6O3/c1-13(2)22-27-21(33-29-22)8-6-7-20(31)25-17-9-10-19(18(24)12-17)26-23(32)16(5)30-15(4)11-14(3)28-30/h9-13,16H,6-8H2,1-5H3,(H,25,31)(H,26,32). The van der Waals surface area contributed by atoms with Gasteiger partial charge in [0.2, 0.25) is 17.7 Å². The van der Waals surface area contributed by atoms with Gasteiger partial charge in [-0.2, -0.15) is 10.1 Å². The highest BCUT2D eigenvalue weighted by Gasteiger charge is 2.19. The van der Waals surface area contributed by atoms with Gasteiger partial charge in [0.1, 0.15) is 6.04 Å². The summed E-state index contributed by atoms with van der Waals surface area (Å²) in [5.41, 5.74) is 2.77. The van der Waals surface area contributed by atoms with E-state index in [4.69, 9.17) is 16.1 Å². The lowest BCUT2D eigenvalue weighted by Crippen LogP contribution is -2.25. The zero-order valence-corrected chi connectivity index (χ0v) is 20.2. The molecule has 1 atom stereocenters. The molecular formula is C23H29ClN6O3. The third kappa shape index (κ3) is 6.41. The van der Waals surface area contributed by atoms with Gasteiger partial charge in [0.25, 0.3) is 0 Å². The average molecular weight is 473 g/mol. The average Bonchev–Trinajstić information content (AvgIpc) is 3.35. The van der Waals surface area contributed by atoms with Crippen LogP contribution >= 0.6 is 11.6 Å². The molecule has 3 rings (SSSR count). The molecule has 2 aromatic heterocycles. The summed E-state index contributed by atoms with van der Waals surface area (Å²) in [6.45, 7) is 9.54. The second kappa shape index (κ2) is 10.6. The minimum atomic E-state index is -0.496. The number of nitrogens with one attached hydrogen (secondary N) is 2. The largest absolute Gasteiger partial charge is 0.339 e. The molecule has 2 amide bonds. The molecule has 0 spiro atoms. The summed E-state index contributed by atoms with van der Waals surface area (Å²) in [5.74, 6) is 1.02. The minimum absolute atomic E-state index is 0.149. The van der Waals surface area contributed by atoms with Crippen molar-refractivity contribution in [3.63, 3.8) is 0 Å². The topological polar surface area (TPSA) is 115 Å². The molecule has 0 aliphatic heterocycles. The lowest BCUT2D eigenvalue weighted by atomic mass is 10.2. The summed E-state index contributed by atoms with van der Waals surface area (Å²) < 4.78 is 6.86. The summed E-state index contributed by atoms with van der Waals surface area (Å²) in [6, 6.07) is 6.38. The first-order chi connectivity index (χ1) is 15.6. The molecule has 0 radical (unpaired) electrons. The third-order valence-corrected chi connectivity index (χ3v) is 5.41. The summed E-state index contributed by atoms with van der Waals surface area (Å²) in [4.78, 5) is 29.2. The van der Waals surface area contributed by atoms with Crippen LogP contribution in [0.4, 0.5) is 11.4 Å². The second-order valence-corrected chi connectivity index (χ2v) is 8.74. The van der Waals surface area contributed by atoms with E-state index in [2.05, 4.69) is 25.9 Å². The van der Waals surface area contributed by atoms with E-state index >= 15 is 0 Å². The Balaban J connectivity index is 1.51. The van der Waals surface area contributed by atoms with Crippen LogP contribution in [0.3, 0.4) is 0 Å². The Bertz CT molecular complexity index is 1140. The normalized spacial score (nSPS) is 12.1. The summed E-state index contributed by atoms with van der Waals surface area (Å²) in [6.07, 6.45) is 1.42. The molecule has 0 aliphatic rings. The molecule has 9 nitrogen and oxygen atoms in total. The van der Waals surface area contributed by atoms with Crippen LogP contribution in [-0.4, -0.2) is 31.7 Å². The van der Waals surface area contributed by atoms with Gasteiger partial charge in [0.15, 0.2) is 5.82 Å². The number of aromatic nitrogens is 4. The predicted molar refractivity (Wildman–Crippen MR) is 126 cm³/mol. The zero-order chi connectivity index (χ0) is 24.1. The first kappa shape index (κ1) is 24.4. The van der Waals surface area contributed by atoms with Crippen LogP contribution in [0.25, 0.3) is 0 Å². The van der Waals surface area contributed by atoms with E-state index in [1.165, 1.54) is 0 Å². The highest BCUT2D eigenvalue weighted by atomic mass is 35.5. The number of rotatable bonds is 9. The highest BCUT2D eigenvalue weighted by Crippen LogP contribution is 2.27. The Hall–Kier alpha value is -3.20. The fourth-order valence-electron chi connectivity index (χ4n) is 3.31. The SMILES string of the molecule is Cc1cc(C)n(C(C)C(=O)Nc2ccc(NC(=O)CCCc3nc(C(C)C)no3)cc2Cl)n1. The van der Waals surface area contributed by atoms with E-state index in [0.717, 1.165) is 11.4 Å². The monoisotopic (exact) mass is 472 g/mol. The maximum absolute atomic E-state index is 12.6. The molecule has 3 aromatic rings. The highest BCUT2D eigenvalue weighted by molar-refractivity contribution is 6.34. The number of aryl methyl sites for hydroxylation is 3. The van der Waals surface area contributed by atoms with Crippen LogP contribution < -0.4 is 10.6 Å². The van der Waals surface area contributed by atoms with Crippen LogP contribution in [0.5, 0.6) is 0 Å². The number of hydrogen-bond donors (Lipinski definition) is 2.